The van der Waals surface area contributed by atoms with Crippen LogP contribution in [-0.2, 0) is 0 Å². The second kappa shape index (κ2) is 5.37. The highest BCUT2D eigenvalue weighted by Crippen LogP contribution is 2.25. The molecule has 0 fully saturated rings. The zero-order valence-electron chi connectivity index (χ0n) is 12.1. The normalized spacial score (nSPS) is 10.6. The van der Waals surface area contributed by atoms with Gasteiger partial charge >= 0.3 is 0 Å². The first-order chi connectivity index (χ1) is 10.2. The van der Waals surface area contributed by atoms with Crippen molar-refractivity contribution in [3.8, 4) is 16.9 Å². The maximum atomic E-state index is 11.3. The molecule has 3 aromatic rings. The van der Waals surface area contributed by atoms with Crippen LogP contribution < -0.4 is 0 Å². The van der Waals surface area contributed by atoms with Gasteiger partial charge in [0.15, 0.2) is 12.1 Å². The fourth-order valence-electron chi connectivity index (χ4n) is 2.34. The highest BCUT2D eigenvalue weighted by molar-refractivity contribution is 5.75. The molecule has 3 rings (SSSR count). The molecular weight excluding hydrogens is 260 g/mol. The van der Waals surface area contributed by atoms with Crippen molar-refractivity contribution in [2.75, 3.05) is 0 Å². The number of benzene rings is 2. The Kier molecular flexibility index (Phi) is 3.40. The summed E-state index contributed by atoms with van der Waals surface area (Å²) < 4.78 is 1.89. The largest absolute Gasteiger partial charge is 0.294 e. The molecule has 0 saturated heterocycles. The average Bonchev–Trinajstić information content (AvgIpc) is 2.93. The van der Waals surface area contributed by atoms with Crippen molar-refractivity contribution in [2.45, 2.75) is 13.8 Å². The van der Waals surface area contributed by atoms with Crippen LogP contribution in [0.1, 0.15) is 21.7 Å². The fourth-order valence-corrected chi connectivity index (χ4v) is 2.34. The van der Waals surface area contributed by atoms with E-state index < -0.39 is 0 Å². The molecule has 0 saturated carbocycles. The quantitative estimate of drug-likeness (QED) is 0.678. The first kappa shape index (κ1) is 13.3. The molecule has 0 radical (unpaired) electrons. The zero-order valence-corrected chi connectivity index (χ0v) is 12.1. The molecule has 21 heavy (non-hydrogen) atoms. The number of carbonyl (C=O) groups excluding carboxylic acids is 1. The number of aryl methyl sites for hydroxylation is 2. The van der Waals surface area contributed by atoms with Crippen molar-refractivity contribution >= 4 is 6.29 Å². The highest BCUT2D eigenvalue weighted by atomic mass is 16.1. The van der Waals surface area contributed by atoms with Gasteiger partial charge in [-0.05, 0) is 26.0 Å². The van der Waals surface area contributed by atoms with Gasteiger partial charge in [0.25, 0.3) is 0 Å². The van der Waals surface area contributed by atoms with E-state index in [4.69, 9.17) is 0 Å². The molecule has 0 aliphatic carbocycles. The van der Waals surface area contributed by atoms with Crippen molar-refractivity contribution < 1.29 is 4.79 Å². The van der Waals surface area contributed by atoms with Crippen molar-refractivity contribution in [1.29, 1.82) is 0 Å². The number of nitrogens with zero attached hydrogens (tertiary/aromatic N) is 2. The van der Waals surface area contributed by atoms with E-state index in [1.165, 1.54) is 11.1 Å². The number of hydrogen-bond acceptors (Lipinski definition) is 2. The summed E-state index contributed by atoms with van der Waals surface area (Å²) in [5.41, 5.74) is 5.29. The Hall–Kier alpha value is -2.68. The number of imidazole rings is 1. The lowest BCUT2D eigenvalue weighted by Crippen LogP contribution is -2.02. The molecule has 0 bridgehead atoms. The van der Waals surface area contributed by atoms with Gasteiger partial charge in [0.2, 0.25) is 0 Å². The van der Waals surface area contributed by atoms with Gasteiger partial charge < -0.3 is 0 Å². The van der Waals surface area contributed by atoms with Gasteiger partial charge in [-0.15, -0.1) is 0 Å². The van der Waals surface area contributed by atoms with Gasteiger partial charge in [0.1, 0.15) is 0 Å². The Bertz CT molecular complexity index is 768. The number of aromatic nitrogens is 2. The van der Waals surface area contributed by atoms with Crippen LogP contribution in [0.15, 0.2) is 54.7 Å². The van der Waals surface area contributed by atoms with Gasteiger partial charge in [-0.25, -0.2) is 4.98 Å². The van der Waals surface area contributed by atoms with Crippen LogP contribution in [0.25, 0.3) is 16.9 Å². The Morgan fingerprint density at radius 3 is 2.05 bits per heavy atom. The monoisotopic (exact) mass is 276 g/mol. The molecule has 0 unspecified atom stereocenters. The molecule has 1 aromatic heterocycles. The summed E-state index contributed by atoms with van der Waals surface area (Å²) in [5, 5.41) is 0. The third-order valence-corrected chi connectivity index (χ3v) is 3.53. The van der Waals surface area contributed by atoms with Crippen LogP contribution in [-0.4, -0.2) is 15.8 Å². The van der Waals surface area contributed by atoms with Gasteiger partial charge in [0.05, 0.1) is 11.9 Å². The van der Waals surface area contributed by atoms with Gasteiger partial charge in [-0.2, -0.15) is 0 Å². The van der Waals surface area contributed by atoms with E-state index in [0.717, 1.165) is 23.2 Å². The summed E-state index contributed by atoms with van der Waals surface area (Å²) in [6.07, 6.45) is 2.53. The fraction of sp³-hybridized carbons (Fsp3) is 0.111. The number of aldehydes is 1. The molecule has 3 nitrogen and oxygen atoms in total. The number of carbonyl (C=O) groups is 1. The lowest BCUT2D eigenvalue weighted by Gasteiger charge is -2.10. The van der Waals surface area contributed by atoms with Gasteiger partial charge in [-0.1, -0.05) is 47.5 Å². The molecular formula is C18H16N2O. The maximum Gasteiger partial charge on any atom is 0.185 e. The van der Waals surface area contributed by atoms with E-state index >= 15 is 0 Å². The van der Waals surface area contributed by atoms with E-state index in [2.05, 4.69) is 24.0 Å². The summed E-state index contributed by atoms with van der Waals surface area (Å²) in [6, 6.07) is 16.3. The summed E-state index contributed by atoms with van der Waals surface area (Å²) in [7, 11) is 0. The molecule has 1 heterocycles. The highest BCUT2D eigenvalue weighted by Gasteiger charge is 2.12. The minimum Gasteiger partial charge on any atom is -0.294 e. The standard InChI is InChI=1S/C18H16N2O/c1-13-3-7-15(8-4-13)17-11-19-18(12-21)20(17)16-9-5-14(2)6-10-16/h3-12H,1-2H3. The number of hydrogen-bond donors (Lipinski definition) is 0. The SMILES string of the molecule is Cc1ccc(-c2cnc(C=O)n2-c2ccc(C)cc2)cc1. The minimum atomic E-state index is 0.412. The summed E-state index contributed by atoms with van der Waals surface area (Å²) >= 11 is 0. The van der Waals surface area contributed by atoms with Crippen LogP contribution >= 0.6 is 0 Å². The van der Waals surface area contributed by atoms with Crippen LogP contribution in [0.2, 0.25) is 0 Å². The molecule has 0 aliphatic heterocycles. The third kappa shape index (κ3) is 2.50. The van der Waals surface area contributed by atoms with E-state index in [1.54, 1.807) is 6.20 Å². The van der Waals surface area contributed by atoms with Crippen LogP contribution in [0.4, 0.5) is 0 Å². The van der Waals surface area contributed by atoms with Crippen molar-refractivity contribution in [1.82, 2.24) is 9.55 Å². The Balaban J connectivity index is 2.18. The predicted octanol–water partition coefficient (Wildman–Crippen LogP) is 3.97. The predicted molar refractivity (Wildman–Crippen MR) is 83.9 cm³/mol. The maximum absolute atomic E-state index is 11.3. The first-order valence-electron chi connectivity index (χ1n) is 6.86. The Labute approximate surface area is 123 Å². The second-order valence-electron chi connectivity index (χ2n) is 5.16. The van der Waals surface area contributed by atoms with E-state index in [0.29, 0.717) is 5.82 Å². The minimum absolute atomic E-state index is 0.412. The molecule has 0 amide bonds. The molecule has 2 aromatic carbocycles. The summed E-state index contributed by atoms with van der Waals surface area (Å²) in [4.78, 5) is 15.5. The topological polar surface area (TPSA) is 34.9 Å². The zero-order chi connectivity index (χ0) is 14.8. The van der Waals surface area contributed by atoms with E-state index in [9.17, 15) is 4.79 Å². The Morgan fingerprint density at radius 1 is 0.905 bits per heavy atom. The lowest BCUT2D eigenvalue weighted by atomic mass is 10.1. The summed E-state index contributed by atoms with van der Waals surface area (Å²) in [6.45, 7) is 4.09. The molecule has 104 valence electrons. The Morgan fingerprint density at radius 2 is 1.48 bits per heavy atom. The summed E-state index contributed by atoms with van der Waals surface area (Å²) in [5.74, 6) is 0.412. The van der Waals surface area contributed by atoms with Crippen LogP contribution in [0, 0.1) is 13.8 Å². The molecule has 0 spiro atoms. The van der Waals surface area contributed by atoms with E-state index in [-0.39, 0.29) is 0 Å². The number of rotatable bonds is 3. The average molecular weight is 276 g/mol. The first-order valence-corrected chi connectivity index (χ1v) is 6.86. The molecule has 3 heteroatoms. The second-order valence-corrected chi connectivity index (χ2v) is 5.16. The van der Waals surface area contributed by atoms with Crippen molar-refractivity contribution in [3.05, 3.63) is 71.7 Å². The smallest absolute Gasteiger partial charge is 0.185 e. The van der Waals surface area contributed by atoms with Gasteiger partial charge in [0, 0.05) is 11.3 Å². The lowest BCUT2D eigenvalue weighted by molar-refractivity contribution is 0.111. The molecule has 0 aliphatic rings. The van der Waals surface area contributed by atoms with Crippen molar-refractivity contribution in [3.63, 3.8) is 0 Å². The van der Waals surface area contributed by atoms with Crippen molar-refractivity contribution in [2.24, 2.45) is 0 Å². The van der Waals surface area contributed by atoms with Crippen LogP contribution in [0.5, 0.6) is 0 Å². The molecule has 0 atom stereocenters. The van der Waals surface area contributed by atoms with Gasteiger partial charge in [-0.3, -0.25) is 9.36 Å². The van der Waals surface area contributed by atoms with Crippen LogP contribution in [0.3, 0.4) is 0 Å². The molecule has 0 N–H and O–H groups in total. The third-order valence-electron chi connectivity index (χ3n) is 3.53. The van der Waals surface area contributed by atoms with E-state index in [1.807, 2.05) is 47.9 Å².